The van der Waals surface area contributed by atoms with E-state index < -0.39 is 0 Å². The first-order valence-corrected chi connectivity index (χ1v) is 12.4. The summed E-state index contributed by atoms with van der Waals surface area (Å²) < 4.78 is 9.39. The van der Waals surface area contributed by atoms with Gasteiger partial charge in [-0.2, -0.15) is 0 Å². The Hall–Kier alpha value is -3.89. The Bertz CT molecular complexity index is 1440. The Kier molecular flexibility index (Phi) is 6.04. The molecule has 6 rings (SSSR count). The van der Waals surface area contributed by atoms with Crippen molar-refractivity contribution in [3.63, 3.8) is 0 Å². The molecule has 5 heterocycles. The van der Waals surface area contributed by atoms with Crippen molar-refractivity contribution in [3.05, 3.63) is 71.1 Å². The minimum absolute atomic E-state index is 0.122. The molecule has 0 radical (unpaired) electrons. The van der Waals surface area contributed by atoms with Gasteiger partial charge in [0.05, 0.1) is 28.6 Å². The van der Waals surface area contributed by atoms with Crippen molar-refractivity contribution in [1.82, 2.24) is 24.8 Å². The van der Waals surface area contributed by atoms with E-state index in [1.54, 1.807) is 29.1 Å². The van der Waals surface area contributed by atoms with Crippen molar-refractivity contribution in [2.45, 2.75) is 18.9 Å². The number of anilines is 2. The number of rotatable bonds is 5. The van der Waals surface area contributed by atoms with Crippen LogP contribution in [0, 0.1) is 0 Å². The molecule has 10 heteroatoms. The lowest BCUT2D eigenvalue weighted by Crippen LogP contribution is -2.43. The van der Waals surface area contributed by atoms with E-state index in [1.165, 1.54) is 0 Å². The molecule has 4 aromatic rings. The van der Waals surface area contributed by atoms with Crippen LogP contribution in [0.25, 0.3) is 16.9 Å². The number of nitrogens with zero attached hydrogens (tertiary/aromatic N) is 4. The van der Waals surface area contributed by atoms with Crippen LogP contribution in [0.5, 0.6) is 0 Å². The van der Waals surface area contributed by atoms with Crippen molar-refractivity contribution in [2.24, 2.45) is 0 Å². The van der Waals surface area contributed by atoms with Crippen molar-refractivity contribution in [3.8, 4) is 5.88 Å². The molecule has 2 saturated heterocycles. The maximum Gasteiger partial charge on any atom is 0.336 e. The highest BCUT2D eigenvalue weighted by atomic mass is 16.4. The predicted molar refractivity (Wildman–Crippen MR) is 138 cm³/mol. The van der Waals surface area contributed by atoms with E-state index in [2.05, 4.69) is 25.8 Å². The maximum atomic E-state index is 13.6. The lowest BCUT2D eigenvalue weighted by Gasteiger charge is -2.30. The number of benzene rings is 1. The Labute approximate surface area is 207 Å². The van der Waals surface area contributed by atoms with Gasteiger partial charge in [-0.25, -0.2) is 9.36 Å². The van der Waals surface area contributed by atoms with Gasteiger partial charge in [-0.1, -0.05) is 12.1 Å². The number of piperidine rings is 1. The van der Waals surface area contributed by atoms with Crippen molar-refractivity contribution in [1.29, 1.82) is 0 Å². The number of imidazole rings is 1. The van der Waals surface area contributed by atoms with E-state index in [1.807, 2.05) is 34.9 Å². The van der Waals surface area contributed by atoms with Crippen molar-refractivity contribution >= 4 is 28.3 Å². The summed E-state index contributed by atoms with van der Waals surface area (Å²) in [6.07, 6.45) is 5.15. The Morgan fingerprint density at radius 3 is 2.53 bits per heavy atom. The average molecular weight is 488 g/mol. The number of para-hydroxylation sites is 2. The topological polar surface area (TPSA) is 109 Å². The highest BCUT2D eigenvalue weighted by molar-refractivity contribution is 6.04. The number of furan rings is 1. The molecule has 0 spiro atoms. The summed E-state index contributed by atoms with van der Waals surface area (Å²) in [6, 6.07) is 13.0. The number of aromatic nitrogens is 3. The molecule has 186 valence electrons. The first kappa shape index (κ1) is 22.6. The molecule has 0 unspecified atom stereocenters. The van der Waals surface area contributed by atoms with E-state index >= 15 is 0 Å². The summed E-state index contributed by atoms with van der Waals surface area (Å²) >= 11 is 0. The third-order valence-electron chi connectivity index (χ3n) is 6.99. The normalized spacial score (nSPS) is 16.9. The highest BCUT2D eigenvalue weighted by Gasteiger charge is 2.25. The van der Waals surface area contributed by atoms with Gasteiger partial charge in [-0.3, -0.25) is 14.3 Å². The zero-order valence-electron chi connectivity index (χ0n) is 19.9. The zero-order valence-corrected chi connectivity index (χ0v) is 19.9. The number of hydrogen-bond acceptors (Lipinski definition) is 7. The molecule has 0 aliphatic carbocycles. The second-order valence-electron chi connectivity index (χ2n) is 9.18. The molecule has 1 aromatic carbocycles. The molecule has 2 aliphatic rings. The van der Waals surface area contributed by atoms with Crippen LogP contribution in [0.3, 0.4) is 0 Å². The highest BCUT2D eigenvalue weighted by Crippen LogP contribution is 2.28. The zero-order chi connectivity index (χ0) is 24.5. The van der Waals surface area contributed by atoms with Crippen LogP contribution < -0.4 is 26.5 Å². The first-order chi connectivity index (χ1) is 17.7. The van der Waals surface area contributed by atoms with Gasteiger partial charge >= 0.3 is 5.69 Å². The fourth-order valence-electron chi connectivity index (χ4n) is 5.22. The van der Waals surface area contributed by atoms with Gasteiger partial charge in [0.25, 0.3) is 5.91 Å². The second-order valence-corrected chi connectivity index (χ2v) is 9.18. The summed E-state index contributed by atoms with van der Waals surface area (Å²) in [5.74, 6) is 0.0639. The summed E-state index contributed by atoms with van der Waals surface area (Å²) in [5.41, 5.74) is 3.02. The fourth-order valence-corrected chi connectivity index (χ4v) is 5.22. The second kappa shape index (κ2) is 9.63. The number of carbonyl (C=O) groups excluding carboxylic acids is 1. The van der Waals surface area contributed by atoms with Gasteiger partial charge in [0.2, 0.25) is 5.88 Å². The quantitative estimate of drug-likeness (QED) is 0.397. The van der Waals surface area contributed by atoms with Gasteiger partial charge in [-0.15, -0.1) is 0 Å². The smallest absolute Gasteiger partial charge is 0.336 e. The third-order valence-corrected chi connectivity index (χ3v) is 6.99. The largest absolute Gasteiger partial charge is 0.435 e. The number of amides is 1. The summed E-state index contributed by atoms with van der Waals surface area (Å²) in [5, 5.41) is 9.63. The summed E-state index contributed by atoms with van der Waals surface area (Å²) in [7, 11) is 0. The summed E-state index contributed by atoms with van der Waals surface area (Å²) in [6.45, 7) is 5.23. The number of carbonyl (C=O) groups is 1. The van der Waals surface area contributed by atoms with Gasteiger partial charge in [0.15, 0.2) is 5.76 Å². The number of piperazine rings is 1. The van der Waals surface area contributed by atoms with Crippen LogP contribution in [0.15, 0.2) is 64.1 Å². The van der Waals surface area contributed by atoms with E-state index in [-0.39, 0.29) is 23.4 Å². The van der Waals surface area contributed by atoms with Crippen LogP contribution in [0.1, 0.15) is 29.4 Å². The molecule has 10 nitrogen and oxygen atoms in total. The molecule has 0 bridgehead atoms. The van der Waals surface area contributed by atoms with Crippen LogP contribution in [-0.4, -0.2) is 59.3 Å². The van der Waals surface area contributed by atoms with Crippen LogP contribution in [0.2, 0.25) is 0 Å². The van der Waals surface area contributed by atoms with Crippen LogP contribution >= 0.6 is 0 Å². The first-order valence-electron chi connectivity index (χ1n) is 12.4. The van der Waals surface area contributed by atoms with Crippen LogP contribution in [0.4, 0.5) is 11.4 Å². The molecule has 2 fully saturated rings. The van der Waals surface area contributed by atoms with Gasteiger partial charge in [0, 0.05) is 44.5 Å². The van der Waals surface area contributed by atoms with Gasteiger partial charge in [0.1, 0.15) is 0 Å². The number of nitrogens with one attached hydrogen (secondary N) is 3. The standard InChI is InChI=1S/C26H29N7O3/c34-25(30-19-17-29-12-9-20(19)31-15-13-28-14-16-31)23-5-6-24(36-23)33-22-4-2-1-3-21(22)32(26(33)35)18-7-10-27-11-8-18/h1-6,9,12,17-18,27-28H,7-8,10-11,13-16H2,(H,30,34). The van der Waals surface area contributed by atoms with E-state index in [0.29, 0.717) is 11.6 Å². The fraction of sp³-hybridized carbons (Fsp3) is 0.346. The van der Waals surface area contributed by atoms with Crippen LogP contribution in [-0.2, 0) is 0 Å². The Morgan fingerprint density at radius 1 is 0.972 bits per heavy atom. The number of pyridine rings is 1. The molecule has 0 atom stereocenters. The van der Waals surface area contributed by atoms with Crippen molar-refractivity contribution in [2.75, 3.05) is 49.5 Å². The molecular weight excluding hydrogens is 458 g/mol. The predicted octanol–water partition coefficient (Wildman–Crippen LogP) is 2.37. The monoisotopic (exact) mass is 487 g/mol. The summed E-state index contributed by atoms with van der Waals surface area (Å²) in [4.78, 5) is 33.1. The minimum Gasteiger partial charge on any atom is -0.435 e. The molecule has 2 aliphatic heterocycles. The van der Waals surface area contributed by atoms with E-state index in [0.717, 1.165) is 68.8 Å². The van der Waals surface area contributed by atoms with E-state index in [9.17, 15) is 9.59 Å². The minimum atomic E-state index is -0.388. The Morgan fingerprint density at radius 2 is 1.72 bits per heavy atom. The number of fused-ring (bicyclic) bond motifs is 1. The average Bonchev–Trinajstić information content (AvgIpc) is 3.52. The molecular formula is C26H29N7O3. The molecule has 0 saturated carbocycles. The van der Waals surface area contributed by atoms with Gasteiger partial charge in [-0.05, 0) is 50.2 Å². The SMILES string of the molecule is O=C(Nc1cnccc1N1CCNCC1)c1ccc(-n2c(=O)n(C3CCNCC3)c3ccccc32)o1. The molecule has 3 N–H and O–H groups in total. The molecule has 1 amide bonds. The van der Waals surface area contributed by atoms with Gasteiger partial charge < -0.3 is 25.3 Å². The Balaban J connectivity index is 1.31. The lowest BCUT2D eigenvalue weighted by molar-refractivity contribution is 0.0996. The maximum absolute atomic E-state index is 13.6. The van der Waals surface area contributed by atoms with Crippen molar-refractivity contribution < 1.29 is 9.21 Å². The van der Waals surface area contributed by atoms with E-state index in [4.69, 9.17) is 4.42 Å². The molecule has 3 aromatic heterocycles. The third kappa shape index (κ3) is 4.08. The lowest BCUT2D eigenvalue weighted by atomic mass is 10.1. The molecule has 36 heavy (non-hydrogen) atoms. The number of hydrogen-bond donors (Lipinski definition) is 3.